The summed E-state index contributed by atoms with van der Waals surface area (Å²) in [7, 11) is -2.53. The van der Waals surface area contributed by atoms with Gasteiger partial charge in [-0.1, -0.05) is 57.2 Å². The third-order valence-electron chi connectivity index (χ3n) is 8.17. The molecule has 35 heavy (non-hydrogen) atoms. The first-order valence-electron chi connectivity index (χ1n) is 12.4. The molecular weight excluding hydrogens is 460 g/mol. The Bertz CT molecular complexity index is 1160. The highest BCUT2D eigenvalue weighted by Crippen LogP contribution is 2.54. The smallest absolute Gasteiger partial charge is 0.265 e. The molecule has 1 aromatic carbocycles. The first kappa shape index (κ1) is 24.2. The molecule has 3 atom stereocenters. The number of rotatable bonds is 6. The third kappa shape index (κ3) is 3.82. The van der Waals surface area contributed by atoms with E-state index < -0.39 is 13.9 Å². The Morgan fingerprint density at radius 2 is 1.89 bits per heavy atom. The quantitative estimate of drug-likeness (QED) is 0.408. The van der Waals surface area contributed by atoms with Gasteiger partial charge in [0.2, 0.25) is 5.78 Å². The van der Waals surface area contributed by atoms with Crippen molar-refractivity contribution in [1.82, 2.24) is 10.1 Å². The fourth-order valence-electron chi connectivity index (χ4n) is 5.08. The number of hydrogen-bond donors (Lipinski definition) is 0. The van der Waals surface area contributed by atoms with Crippen LogP contribution in [0.1, 0.15) is 61.3 Å². The molecule has 2 aliphatic carbocycles. The number of nitrogens with zero attached hydrogens (tertiary/aromatic N) is 2. The Balaban J connectivity index is 1.62. The fourth-order valence-corrected chi connectivity index (χ4v) is 6.54. The van der Waals surface area contributed by atoms with E-state index in [0.717, 1.165) is 25.1 Å². The molecule has 2 unspecified atom stereocenters. The molecule has 0 bridgehead atoms. The van der Waals surface area contributed by atoms with Gasteiger partial charge in [0, 0.05) is 19.0 Å². The molecule has 0 spiro atoms. The summed E-state index contributed by atoms with van der Waals surface area (Å²) in [5.74, 6) is -0.393. The molecule has 8 heteroatoms. The van der Waals surface area contributed by atoms with E-state index in [9.17, 15) is 9.59 Å². The Morgan fingerprint density at radius 3 is 2.51 bits per heavy atom. The number of Topliss-reactive ketones (excluding diaryl/α,β-unsaturated/α-hetero) is 1. The van der Waals surface area contributed by atoms with Gasteiger partial charge >= 0.3 is 0 Å². The summed E-state index contributed by atoms with van der Waals surface area (Å²) in [6.45, 7) is 12.5. The Kier molecular flexibility index (Phi) is 5.89. The summed E-state index contributed by atoms with van der Waals surface area (Å²) in [4.78, 5) is 30.4. The van der Waals surface area contributed by atoms with Crippen LogP contribution in [0.2, 0.25) is 18.1 Å². The SMILES string of the molecule is CC(C)(C)[Si](C)(C)OC12C(=O)C=CCC1[C@H](N1CCC1)c1onc(OCc3ccccc3)c1C2=O. The highest BCUT2D eigenvalue weighted by Gasteiger charge is 2.65. The molecule has 2 heterocycles. The van der Waals surface area contributed by atoms with E-state index in [1.54, 1.807) is 0 Å². The van der Waals surface area contributed by atoms with E-state index in [1.807, 2.05) is 36.4 Å². The molecule has 1 aromatic heterocycles. The summed E-state index contributed by atoms with van der Waals surface area (Å²) < 4.78 is 18.7. The van der Waals surface area contributed by atoms with Gasteiger partial charge in [-0.15, -0.1) is 0 Å². The Hall–Kier alpha value is -2.55. The van der Waals surface area contributed by atoms with Gasteiger partial charge in [0.15, 0.2) is 25.5 Å². The maximum atomic E-state index is 14.4. The summed E-state index contributed by atoms with van der Waals surface area (Å²) in [6.07, 6.45) is 5.03. The van der Waals surface area contributed by atoms with E-state index in [0.29, 0.717) is 12.2 Å². The topological polar surface area (TPSA) is 81.9 Å². The number of aromatic nitrogens is 1. The van der Waals surface area contributed by atoms with Gasteiger partial charge in [0.05, 0.1) is 6.04 Å². The van der Waals surface area contributed by atoms with Crippen molar-refractivity contribution in [1.29, 1.82) is 0 Å². The second-order valence-electron chi connectivity index (χ2n) is 11.4. The lowest BCUT2D eigenvalue weighted by molar-refractivity contribution is -0.137. The summed E-state index contributed by atoms with van der Waals surface area (Å²) in [5.41, 5.74) is -0.383. The number of fused-ring (bicyclic) bond motifs is 2. The van der Waals surface area contributed by atoms with E-state index in [-0.39, 0.29) is 46.6 Å². The van der Waals surface area contributed by atoms with Gasteiger partial charge in [-0.05, 0) is 47.8 Å². The lowest BCUT2D eigenvalue weighted by Gasteiger charge is -2.53. The first-order chi connectivity index (χ1) is 16.6. The number of allylic oxidation sites excluding steroid dienone is 1. The average Bonchev–Trinajstić information content (AvgIpc) is 3.19. The van der Waals surface area contributed by atoms with Crippen LogP contribution in [0, 0.1) is 5.92 Å². The van der Waals surface area contributed by atoms with Crippen LogP contribution in [0.5, 0.6) is 5.88 Å². The lowest BCUT2D eigenvalue weighted by atomic mass is 9.64. The molecule has 7 nitrogen and oxygen atoms in total. The van der Waals surface area contributed by atoms with Crippen molar-refractivity contribution in [3.63, 3.8) is 0 Å². The molecule has 1 aliphatic heterocycles. The number of likely N-dealkylation sites (tertiary alicyclic amines) is 1. The van der Waals surface area contributed by atoms with Gasteiger partial charge in [-0.25, -0.2) is 0 Å². The van der Waals surface area contributed by atoms with Crippen molar-refractivity contribution >= 4 is 19.9 Å². The minimum atomic E-state index is -2.53. The van der Waals surface area contributed by atoms with Crippen LogP contribution in [-0.4, -0.2) is 48.6 Å². The van der Waals surface area contributed by atoms with Gasteiger partial charge < -0.3 is 13.7 Å². The number of benzene rings is 1. The predicted molar refractivity (Wildman–Crippen MR) is 134 cm³/mol. The minimum Gasteiger partial charge on any atom is -0.470 e. The predicted octanol–water partition coefficient (Wildman–Crippen LogP) is 5.10. The molecule has 0 saturated carbocycles. The zero-order valence-corrected chi connectivity index (χ0v) is 22.2. The number of hydrogen-bond acceptors (Lipinski definition) is 7. The molecule has 1 fully saturated rings. The number of ketones is 2. The maximum Gasteiger partial charge on any atom is 0.265 e. The van der Waals surface area contributed by atoms with Crippen LogP contribution in [0.4, 0.5) is 0 Å². The van der Waals surface area contributed by atoms with E-state index >= 15 is 0 Å². The minimum absolute atomic E-state index is 0.137. The van der Waals surface area contributed by atoms with Crippen molar-refractivity contribution < 1.29 is 23.3 Å². The van der Waals surface area contributed by atoms with Crippen LogP contribution in [0.25, 0.3) is 0 Å². The van der Waals surface area contributed by atoms with Crippen LogP contribution in [0.3, 0.4) is 0 Å². The van der Waals surface area contributed by atoms with Crippen LogP contribution in [-0.2, 0) is 15.8 Å². The molecular formula is C27H34N2O5Si. The van der Waals surface area contributed by atoms with Gasteiger partial charge in [0.1, 0.15) is 12.2 Å². The van der Waals surface area contributed by atoms with E-state index in [1.165, 1.54) is 6.08 Å². The zero-order valence-electron chi connectivity index (χ0n) is 21.2. The molecule has 2 aromatic rings. The number of carbonyl (C=O) groups excluding carboxylic acids is 2. The van der Waals surface area contributed by atoms with E-state index in [4.69, 9.17) is 13.7 Å². The Labute approximate surface area is 207 Å². The van der Waals surface area contributed by atoms with Gasteiger partial charge in [0.25, 0.3) is 5.88 Å². The van der Waals surface area contributed by atoms with Gasteiger partial charge in [-0.3, -0.25) is 14.5 Å². The molecule has 186 valence electrons. The average molecular weight is 495 g/mol. The molecule has 0 amide bonds. The van der Waals surface area contributed by atoms with Crippen LogP contribution >= 0.6 is 0 Å². The van der Waals surface area contributed by atoms with Crippen LogP contribution in [0.15, 0.2) is 47.0 Å². The monoisotopic (exact) mass is 494 g/mol. The molecule has 5 rings (SSSR count). The van der Waals surface area contributed by atoms with Crippen molar-refractivity contribution in [2.75, 3.05) is 13.1 Å². The van der Waals surface area contributed by atoms with Crippen molar-refractivity contribution in [2.24, 2.45) is 5.92 Å². The largest absolute Gasteiger partial charge is 0.470 e. The zero-order chi connectivity index (χ0) is 25.0. The third-order valence-corrected chi connectivity index (χ3v) is 12.6. The highest BCUT2D eigenvalue weighted by molar-refractivity contribution is 6.74. The van der Waals surface area contributed by atoms with Gasteiger partial charge in [-0.2, -0.15) is 0 Å². The second kappa shape index (κ2) is 8.53. The normalized spacial score (nSPS) is 26.8. The fraction of sp³-hybridized carbons (Fsp3) is 0.519. The van der Waals surface area contributed by atoms with Crippen molar-refractivity contribution in [2.45, 2.75) is 70.0 Å². The second-order valence-corrected chi connectivity index (χ2v) is 16.1. The van der Waals surface area contributed by atoms with Crippen molar-refractivity contribution in [3.05, 3.63) is 59.4 Å². The standard InChI is InChI=1S/C27H34N2O5Si/c1-26(2,3)35(4,5)34-27-19(13-9-14-20(27)30)22(29-15-10-16-29)23-21(24(27)31)25(28-33-23)32-17-18-11-7-6-8-12-18/h6-9,11-12,14,19,22H,10,13,15-17H2,1-5H3/t19?,22-,27?/m0/s1. The molecule has 0 radical (unpaired) electrons. The summed E-state index contributed by atoms with van der Waals surface area (Å²) in [5, 5.41) is 4.01. The summed E-state index contributed by atoms with van der Waals surface area (Å²) in [6, 6.07) is 9.43. The number of ether oxygens (including phenoxy) is 1. The van der Waals surface area contributed by atoms with E-state index in [2.05, 4.69) is 43.9 Å². The maximum absolute atomic E-state index is 14.4. The summed E-state index contributed by atoms with van der Waals surface area (Å²) >= 11 is 0. The lowest BCUT2D eigenvalue weighted by Crippen LogP contribution is -2.66. The highest BCUT2D eigenvalue weighted by atomic mass is 28.4. The molecule has 0 N–H and O–H groups in total. The number of carbonyl (C=O) groups is 2. The molecule has 1 saturated heterocycles. The van der Waals surface area contributed by atoms with Crippen LogP contribution < -0.4 is 4.74 Å². The Morgan fingerprint density at radius 1 is 1.17 bits per heavy atom. The first-order valence-corrected chi connectivity index (χ1v) is 15.3. The van der Waals surface area contributed by atoms with Crippen molar-refractivity contribution in [3.8, 4) is 5.88 Å². The molecule has 3 aliphatic rings.